The first-order valence-corrected chi connectivity index (χ1v) is 5.43. The fraction of sp³-hybridized carbons (Fsp3) is 0.545. The molecule has 0 aromatic carbocycles. The Hall–Kier alpha value is -1.33. The van der Waals surface area contributed by atoms with Crippen LogP contribution in [0.1, 0.15) is 12.2 Å². The number of rotatable bonds is 4. The van der Waals surface area contributed by atoms with Crippen molar-refractivity contribution in [1.29, 1.82) is 0 Å². The van der Waals surface area contributed by atoms with E-state index in [-0.39, 0.29) is 12.0 Å². The topological polar surface area (TPSA) is 65.7 Å². The van der Waals surface area contributed by atoms with Gasteiger partial charge in [0.05, 0.1) is 25.5 Å². The molecule has 0 bridgehead atoms. The molecule has 2 N–H and O–H groups in total. The van der Waals surface area contributed by atoms with Gasteiger partial charge in [-0.05, 0) is 18.6 Å². The van der Waals surface area contributed by atoms with E-state index in [1.54, 1.807) is 12.3 Å². The van der Waals surface area contributed by atoms with E-state index in [0.717, 1.165) is 18.7 Å². The van der Waals surface area contributed by atoms with Crippen LogP contribution in [0.3, 0.4) is 0 Å². The number of likely N-dealkylation sites (tertiary alicyclic amines) is 1. The van der Waals surface area contributed by atoms with Crippen LogP contribution in [0.4, 0.5) is 0 Å². The number of nitrogens with zero attached hydrogens (tertiary/aromatic N) is 1. The molecule has 0 saturated carbocycles. The number of furan rings is 1. The molecule has 1 saturated heterocycles. The Morgan fingerprint density at radius 3 is 3.19 bits per heavy atom. The third-order valence-corrected chi connectivity index (χ3v) is 2.65. The summed E-state index contributed by atoms with van der Waals surface area (Å²) in [7, 11) is 0. The lowest BCUT2D eigenvalue weighted by molar-refractivity contribution is -0.122. The second-order valence-corrected chi connectivity index (χ2v) is 4.03. The number of aliphatic hydroxyl groups is 1. The minimum Gasteiger partial charge on any atom is -0.467 e. The van der Waals surface area contributed by atoms with Gasteiger partial charge in [0.25, 0.3) is 0 Å². The summed E-state index contributed by atoms with van der Waals surface area (Å²) >= 11 is 0. The first-order chi connectivity index (χ1) is 7.74. The molecule has 0 spiro atoms. The molecule has 5 heteroatoms. The third kappa shape index (κ3) is 3.08. The van der Waals surface area contributed by atoms with Gasteiger partial charge in [-0.3, -0.25) is 9.69 Å². The zero-order valence-corrected chi connectivity index (χ0v) is 9.06. The number of carbonyl (C=O) groups is 1. The van der Waals surface area contributed by atoms with Crippen LogP contribution in [-0.4, -0.2) is 41.7 Å². The highest BCUT2D eigenvalue weighted by molar-refractivity contribution is 5.77. The van der Waals surface area contributed by atoms with Crippen LogP contribution in [0, 0.1) is 0 Å². The normalized spacial score (nSPS) is 21.2. The van der Waals surface area contributed by atoms with Crippen molar-refractivity contribution in [3.05, 3.63) is 24.2 Å². The minimum atomic E-state index is -0.280. The van der Waals surface area contributed by atoms with Gasteiger partial charge in [0, 0.05) is 13.1 Å². The van der Waals surface area contributed by atoms with Gasteiger partial charge >= 0.3 is 0 Å². The van der Waals surface area contributed by atoms with Gasteiger partial charge in [0.1, 0.15) is 5.76 Å². The molecule has 1 aromatic heterocycles. The summed E-state index contributed by atoms with van der Waals surface area (Å²) in [5.41, 5.74) is 0. The fourth-order valence-electron chi connectivity index (χ4n) is 1.81. The summed E-state index contributed by atoms with van der Waals surface area (Å²) in [6.45, 7) is 2.14. The van der Waals surface area contributed by atoms with Gasteiger partial charge in [0.2, 0.25) is 5.91 Å². The Bertz CT molecular complexity index is 337. The lowest BCUT2D eigenvalue weighted by Crippen LogP contribution is -2.36. The maximum atomic E-state index is 11.5. The van der Waals surface area contributed by atoms with Crippen molar-refractivity contribution in [1.82, 2.24) is 10.2 Å². The lowest BCUT2D eigenvalue weighted by atomic mass is 10.3. The standard InChI is InChI=1S/C11H16N2O3/c14-9-3-4-13(7-9)8-11(15)12-6-10-2-1-5-16-10/h1-2,5,9,14H,3-4,6-8H2,(H,12,15)/t9-/m0/s1. The van der Waals surface area contributed by atoms with Gasteiger partial charge in [-0.15, -0.1) is 0 Å². The van der Waals surface area contributed by atoms with Crippen LogP contribution in [0.5, 0.6) is 0 Å². The Balaban J connectivity index is 1.68. The molecule has 2 heterocycles. The first-order valence-electron chi connectivity index (χ1n) is 5.43. The summed E-state index contributed by atoms with van der Waals surface area (Å²) in [6.07, 6.45) is 2.06. The van der Waals surface area contributed by atoms with Crippen molar-refractivity contribution in [2.45, 2.75) is 19.1 Å². The van der Waals surface area contributed by atoms with Crippen molar-refractivity contribution in [3.63, 3.8) is 0 Å². The molecule has 0 radical (unpaired) electrons. The van der Waals surface area contributed by atoms with Gasteiger partial charge in [-0.25, -0.2) is 0 Å². The van der Waals surface area contributed by atoms with Crippen LogP contribution >= 0.6 is 0 Å². The van der Waals surface area contributed by atoms with Crippen molar-refractivity contribution in [2.75, 3.05) is 19.6 Å². The molecule has 1 aliphatic heterocycles. The number of nitrogens with one attached hydrogen (secondary N) is 1. The van der Waals surface area contributed by atoms with Gasteiger partial charge < -0.3 is 14.8 Å². The van der Waals surface area contributed by atoms with E-state index >= 15 is 0 Å². The third-order valence-electron chi connectivity index (χ3n) is 2.65. The van der Waals surface area contributed by atoms with E-state index in [0.29, 0.717) is 19.6 Å². The number of amides is 1. The van der Waals surface area contributed by atoms with E-state index in [4.69, 9.17) is 4.42 Å². The van der Waals surface area contributed by atoms with Gasteiger partial charge in [0.15, 0.2) is 0 Å². The monoisotopic (exact) mass is 224 g/mol. The number of hydrogen-bond donors (Lipinski definition) is 2. The fourth-order valence-corrected chi connectivity index (χ4v) is 1.81. The van der Waals surface area contributed by atoms with Gasteiger partial charge in [-0.2, -0.15) is 0 Å². The number of carbonyl (C=O) groups excluding carboxylic acids is 1. The minimum absolute atomic E-state index is 0.0366. The number of aliphatic hydroxyl groups excluding tert-OH is 1. The summed E-state index contributed by atoms with van der Waals surface area (Å²) in [4.78, 5) is 13.5. The summed E-state index contributed by atoms with van der Waals surface area (Å²) in [5.74, 6) is 0.709. The maximum Gasteiger partial charge on any atom is 0.234 e. The molecule has 0 aliphatic carbocycles. The van der Waals surface area contributed by atoms with Crippen molar-refractivity contribution < 1.29 is 14.3 Å². The molecule has 1 atom stereocenters. The molecule has 1 aromatic rings. The quantitative estimate of drug-likeness (QED) is 0.753. The molecule has 1 fully saturated rings. The van der Waals surface area contributed by atoms with Crippen LogP contribution in [0.2, 0.25) is 0 Å². The highest BCUT2D eigenvalue weighted by Crippen LogP contribution is 2.07. The number of β-amino-alcohol motifs (C(OH)–C–C–N with tert-alkyl or cyclic N) is 1. The zero-order chi connectivity index (χ0) is 11.4. The molecule has 1 amide bonds. The summed E-state index contributed by atoms with van der Waals surface area (Å²) in [6, 6.07) is 3.61. The lowest BCUT2D eigenvalue weighted by Gasteiger charge is -2.13. The highest BCUT2D eigenvalue weighted by atomic mass is 16.3. The second kappa shape index (κ2) is 5.14. The molecule has 5 nitrogen and oxygen atoms in total. The Labute approximate surface area is 94.0 Å². The van der Waals surface area contributed by atoms with E-state index < -0.39 is 0 Å². The molecular weight excluding hydrogens is 208 g/mol. The predicted molar refractivity (Wildman–Crippen MR) is 57.6 cm³/mol. The van der Waals surface area contributed by atoms with E-state index in [1.807, 2.05) is 11.0 Å². The predicted octanol–water partition coefficient (Wildman–Crippen LogP) is -0.0376. The Morgan fingerprint density at radius 2 is 2.56 bits per heavy atom. The van der Waals surface area contributed by atoms with Crippen LogP contribution in [0.15, 0.2) is 22.8 Å². The van der Waals surface area contributed by atoms with Crippen LogP contribution in [0.25, 0.3) is 0 Å². The molecule has 2 rings (SSSR count). The first kappa shape index (κ1) is 11.2. The summed E-state index contributed by atoms with van der Waals surface area (Å²) < 4.78 is 5.10. The molecular formula is C11H16N2O3. The zero-order valence-electron chi connectivity index (χ0n) is 9.06. The van der Waals surface area contributed by atoms with Crippen molar-refractivity contribution in [2.24, 2.45) is 0 Å². The second-order valence-electron chi connectivity index (χ2n) is 4.03. The SMILES string of the molecule is O=C(CN1CC[C@H](O)C1)NCc1ccco1. The van der Waals surface area contributed by atoms with Crippen molar-refractivity contribution in [3.8, 4) is 0 Å². The highest BCUT2D eigenvalue weighted by Gasteiger charge is 2.21. The number of hydrogen-bond acceptors (Lipinski definition) is 4. The van der Waals surface area contributed by atoms with Crippen molar-refractivity contribution >= 4 is 5.91 Å². The average molecular weight is 224 g/mol. The molecule has 1 aliphatic rings. The van der Waals surface area contributed by atoms with Crippen LogP contribution < -0.4 is 5.32 Å². The Morgan fingerprint density at radius 1 is 1.69 bits per heavy atom. The van der Waals surface area contributed by atoms with Gasteiger partial charge in [-0.1, -0.05) is 0 Å². The molecule has 0 unspecified atom stereocenters. The molecule has 16 heavy (non-hydrogen) atoms. The Kier molecular flexibility index (Phi) is 3.58. The molecule has 88 valence electrons. The van der Waals surface area contributed by atoms with E-state index in [2.05, 4.69) is 5.32 Å². The van der Waals surface area contributed by atoms with E-state index in [9.17, 15) is 9.90 Å². The maximum absolute atomic E-state index is 11.5. The van der Waals surface area contributed by atoms with Crippen LogP contribution in [-0.2, 0) is 11.3 Å². The van der Waals surface area contributed by atoms with E-state index in [1.165, 1.54) is 0 Å². The largest absolute Gasteiger partial charge is 0.467 e. The smallest absolute Gasteiger partial charge is 0.234 e. The summed E-state index contributed by atoms with van der Waals surface area (Å²) in [5, 5.41) is 12.1. The average Bonchev–Trinajstić information content (AvgIpc) is 2.87.